The van der Waals surface area contributed by atoms with Crippen LogP contribution in [-0.2, 0) is 6.54 Å². The summed E-state index contributed by atoms with van der Waals surface area (Å²) in [6.45, 7) is 0.296. The molecule has 0 saturated heterocycles. The van der Waals surface area contributed by atoms with Crippen LogP contribution in [0.4, 0.5) is 4.39 Å². The first-order chi connectivity index (χ1) is 12.7. The van der Waals surface area contributed by atoms with Gasteiger partial charge in [0.25, 0.3) is 0 Å². The fraction of sp³-hybridized carbons (Fsp3) is 0.0500. The highest BCUT2D eigenvalue weighted by atomic mass is 79.9. The molecule has 0 N–H and O–H groups in total. The van der Waals surface area contributed by atoms with Crippen LogP contribution in [-0.4, -0.2) is 19.7 Å². The Morgan fingerprint density at radius 3 is 2.15 bits per heavy atom. The molecule has 0 fully saturated rings. The minimum Gasteiger partial charge on any atom is -0.257 e. The normalized spacial score (nSPS) is 10.8. The number of nitrogens with zero attached hydrogens (tertiary/aromatic N) is 4. The lowest BCUT2D eigenvalue weighted by Crippen LogP contribution is -2.06. The average molecular weight is 409 g/mol. The van der Waals surface area contributed by atoms with E-state index in [1.165, 1.54) is 6.07 Å². The Kier molecular flexibility index (Phi) is 4.58. The minimum atomic E-state index is -0.259. The van der Waals surface area contributed by atoms with Crippen molar-refractivity contribution < 1.29 is 4.39 Å². The lowest BCUT2D eigenvalue weighted by atomic mass is 10.2. The maximum Gasteiger partial charge on any atom is 0.128 e. The van der Waals surface area contributed by atoms with Crippen LogP contribution in [0.5, 0.6) is 0 Å². The van der Waals surface area contributed by atoms with Gasteiger partial charge in [-0.25, -0.2) is 4.39 Å². The molecule has 0 unspecified atom stereocenters. The molecule has 0 aliphatic rings. The van der Waals surface area contributed by atoms with E-state index >= 15 is 0 Å². The van der Waals surface area contributed by atoms with Crippen molar-refractivity contribution in [2.24, 2.45) is 0 Å². The van der Waals surface area contributed by atoms with Crippen molar-refractivity contribution >= 4 is 15.9 Å². The molecule has 0 radical (unpaired) electrons. The van der Waals surface area contributed by atoms with Gasteiger partial charge in [0, 0.05) is 18.0 Å². The number of pyridine rings is 2. The second kappa shape index (κ2) is 7.17. The fourth-order valence-electron chi connectivity index (χ4n) is 2.76. The van der Waals surface area contributed by atoms with Crippen LogP contribution < -0.4 is 0 Å². The van der Waals surface area contributed by atoms with E-state index in [4.69, 9.17) is 5.10 Å². The Morgan fingerprint density at radius 1 is 0.846 bits per heavy atom. The van der Waals surface area contributed by atoms with Crippen molar-refractivity contribution in [2.45, 2.75) is 6.54 Å². The zero-order valence-corrected chi connectivity index (χ0v) is 15.3. The summed E-state index contributed by atoms with van der Waals surface area (Å²) in [5.41, 5.74) is 3.54. The zero-order chi connectivity index (χ0) is 17.9. The van der Waals surface area contributed by atoms with Gasteiger partial charge in [-0.1, -0.05) is 30.3 Å². The highest BCUT2D eigenvalue weighted by molar-refractivity contribution is 9.10. The molecule has 4 nitrogen and oxygen atoms in total. The van der Waals surface area contributed by atoms with Crippen molar-refractivity contribution in [1.82, 2.24) is 19.7 Å². The van der Waals surface area contributed by atoms with Gasteiger partial charge < -0.3 is 0 Å². The number of aromatic nitrogens is 4. The summed E-state index contributed by atoms with van der Waals surface area (Å²) in [4.78, 5) is 8.82. The molecule has 0 saturated carbocycles. The van der Waals surface area contributed by atoms with Crippen LogP contribution >= 0.6 is 15.9 Å². The van der Waals surface area contributed by atoms with Gasteiger partial charge in [-0.15, -0.1) is 0 Å². The Balaban J connectivity index is 1.88. The molecule has 26 heavy (non-hydrogen) atoms. The third-order valence-corrected chi connectivity index (χ3v) is 4.74. The van der Waals surface area contributed by atoms with Crippen LogP contribution in [0.2, 0.25) is 0 Å². The van der Waals surface area contributed by atoms with E-state index in [0.29, 0.717) is 17.8 Å². The van der Waals surface area contributed by atoms with E-state index < -0.39 is 0 Å². The first kappa shape index (κ1) is 16.6. The molecule has 128 valence electrons. The molecular weight excluding hydrogens is 395 g/mol. The van der Waals surface area contributed by atoms with Gasteiger partial charge in [-0.05, 0) is 46.3 Å². The molecule has 6 heteroatoms. The molecule has 0 amide bonds. The summed E-state index contributed by atoms with van der Waals surface area (Å²) >= 11 is 3.65. The van der Waals surface area contributed by atoms with E-state index in [0.717, 1.165) is 21.6 Å². The Morgan fingerprint density at radius 2 is 1.50 bits per heavy atom. The summed E-state index contributed by atoms with van der Waals surface area (Å²) in [5, 5.41) is 4.69. The quantitative estimate of drug-likeness (QED) is 0.479. The molecule has 4 rings (SSSR count). The number of hydrogen-bond donors (Lipinski definition) is 0. The van der Waals surface area contributed by atoms with Crippen molar-refractivity contribution in [3.63, 3.8) is 0 Å². The van der Waals surface area contributed by atoms with Gasteiger partial charge in [0.05, 0.1) is 22.4 Å². The summed E-state index contributed by atoms with van der Waals surface area (Å²) in [6.07, 6.45) is 3.45. The number of benzene rings is 1. The van der Waals surface area contributed by atoms with E-state index in [-0.39, 0.29) is 5.82 Å². The molecule has 0 bridgehead atoms. The van der Waals surface area contributed by atoms with Crippen molar-refractivity contribution in [2.75, 3.05) is 0 Å². The molecule has 0 aliphatic carbocycles. The molecule has 1 aromatic carbocycles. The van der Waals surface area contributed by atoms with Crippen molar-refractivity contribution in [1.29, 1.82) is 0 Å². The van der Waals surface area contributed by atoms with E-state index in [1.807, 2.05) is 42.5 Å². The second-order valence-electron chi connectivity index (χ2n) is 5.69. The van der Waals surface area contributed by atoms with Gasteiger partial charge >= 0.3 is 0 Å². The second-order valence-corrected chi connectivity index (χ2v) is 6.48. The largest absolute Gasteiger partial charge is 0.257 e. The van der Waals surface area contributed by atoms with E-state index in [1.54, 1.807) is 29.2 Å². The summed E-state index contributed by atoms with van der Waals surface area (Å²) in [5.74, 6) is -0.259. The summed E-state index contributed by atoms with van der Waals surface area (Å²) < 4.78 is 16.7. The SMILES string of the molecule is Fc1ccccc1Cn1nc(-c2ccccn2)c(Br)c1-c1ccccn1. The lowest BCUT2D eigenvalue weighted by molar-refractivity contribution is 0.587. The van der Waals surface area contributed by atoms with Crippen molar-refractivity contribution in [3.05, 3.63) is 88.9 Å². The average Bonchev–Trinajstić information content (AvgIpc) is 3.01. The van der Waals surface area contributed by atoms with Gasteiger partial charge in [-0.2, -0.15) is 5.10 Å². The maximum absolute atomic E-state index is 14.2. The minimum absolute atomic E-state index is 0.259. The topological polar surface area (TPSA) is 43.6 Å². The predicted octanol–water partition coefficient (Wildman–Crippen LogP) is 4.96. The number of rotatable bonds is 4. The zero-order valence-electron chi connectivity index (χ0n) is 13.7. The van der Waals surface area contributed by atoms with Crippen LogP contribution in [0, 0.1) is 5.82 Å². The first-order valence-corrected chi connectivity index (χ1v) is 8.86. The maximum atomic E-state index is 14.2. The highest BCUT2D eigenvalue weighted by Gasteiger charge is 2.21. The van der Waals surface area contributed by atoms with Crippen LogP contribution in [0.3, 0.4) is 0 Å². The molecule has 3 heterocycles. The third kappa shape index (κ3) is 3.15. The lowest BCUT2D eigenvalue weighted by Gasteiger charge is -2.08. The molecular formula is C20H14BrFN4. The van der Waals surface area contributed by atoms with E-state index in [2.05, 4.69) is 25.9 Å². The number of hydrogen-bond acceptors (Lipinski definition) is 3. The molecule has 4 aromatic rings. The van der Waals surface area contributed by atoms with Crippen LogP contribution in [0.1, 0.15) is 5.56 Å². The fourth-order valence-corrected chi connectivity index (χ4v) is 3.45. The Labute approximate surface area is 158 Å². The summed E-state index contributed by atoms with van der Waals surface area (Å²) in [6, 6.07) is 18.0. The molecule has 0 spiro atoms. The smallest absolute Gasteiger partial charge is 0.128 e. The highest BCUT2D eigenvalue weighted by Crippen LogP contribution is 2.35. The molecule has 0 aliphatic heterocycles. The van der Waals surface area contributed by atoms with Gasteiger partial charge in [0.1, 0.15) is 17.2 Å². The molecule has 0 atom stereocenters. The van der Waals surface area contributed by atoms with Gasteiger partial charge in [0.2, 0.25) is 0 Å². The standard InChI is InChI=1S/C20H14BrFN4/c21-18-19(16-9-3-5-11-23-16)25-26(13-14-7-1-2-8-15(14)22)20(18)17-10-4-6-12-24-17/h1-12H,13H2. The van der Waals surface area contributed by atoms with Gasteiger partial charge in [-0.3, -0.25) is 14.6 Å². The Bertz CT molecular complexity index is 1030. The monoisotopic (exact) mass is 408 g/mol. The van der Waals surface area contributed by atoms with Crippen molar-refractivity contribution in [3.8, 4) is 22.8 Å². The third-order valence-electron chi connectivity index (χ3n) is 3.99. The Hall–Kier alpha value is -2.86. The van der Waals surface area contributed by atoms with E-state index in [9.17, 15) is 4.39 Å². The van der Waals surface area contributed by atoms with Crippen LogP contribution in [0.15, 0.2) is 77.5 Å². The number of halogens is 2. The molecule has 3 aromatic heterocycles. The first-order valence-electron chi connectivity index (χ1n) is 8.06. The summed E-state index contributed by atoms with van der Waals surface area (Å²) in [7, 11) is 0. The predicted molar refractivity (Wildman–Crippen MR) is 102 cm³/mol. The van der Waals surface area contributed by atoms with Crippen LogP contribution in [0.25, 0.3) is 22.8 Å². The van der Waals surface area contributed by atoms with Gasteiger partial charge in [0.15, 0.2) is 0 Å².